The van der Waals surface area contributed by atoms with E-state index in [9.17, 15) is 10.1 Å². The molecule has 0 unspecified atom stereocenters. The molecule has 1 aromatic rings. The van der Waals surface area contributed by atoms with Crippen LogP contribution in [0.3, 0.4) is 0 Å². The number of nitro groups is 1. The lowest BCUT2D eigenvalue weighted by molar-refractivity contribution is -0.431. The summed E-state index contributed by atoms with van der Waals surface area (Å²) >= 11 is 0. The van der Waals surface area contributed by atoms with Crippen LogP contribution in [0.15, 0.2) is 30.0 Å². The molecule has 1 rings (SSSR count). The van der Waals surface area contributed by atoms with Crippen molar-refractivity contribution in [3.8, 4) is 0 Å². The average molecular weight is 205 g/mol. The highest BCUT2D eigenvalue weighted by Crippen LogP contribution is 2.17. The molecule has 0 N–H and O–H groups in total. The molecule has 1 aromatic carbocycles. The van der Waals surface area contributed by atoms with Crippen LogP contribution in [0.1, 0.15) is 25.0 Å². The maximum Gasteiger partial charge on any atom is 0.249 e. The summed E-state index contributed by atoms with van der Waals surface area (Å²) in [5.74, 6) is -0.0698. The van der Waals surface area contributed by atoms with Crippen molar-refractivity contribution >= 4 is 6.08 Å². The smallest absolute Gasteiger partial charge is 0.249 e. The van der Waals surface area contributed by atoms with Crippen molar-refractivity contribution in [3.05, 3.63) is 51.2 Å². The molecule has 0 aliphatic heterocycles. The maximum absolute atomic E-state index is 10.8. The van der Waals surface area contributed by atoms with Crippen LogP contribution in [0.5, 0.6) is 0 Å². The first-order chi connectivity index (χ1) is 7.02. The van der Waals surface area contributed by atoms with E-state index in [4.69, 9.17) is 0 Å². The number of hydrogen-bond donors (Lipinski definition) is 0. The van der Waals surface area contributed by atoms with Crippen LogP contribution in [-0.4, -0.2) is 4.92 Å². The van der Waals surface area contributed by atoms with Gasteiger partial charge in [-0.2, -0.15) is 0 Å². The molecule has 0 aromatic heterocycles. The van der Waals surface area contributed by atoms with Gasteiger partial charge in [0.05, 0.1) is 4.92 Å². The quantitative estimate of drug-likeness (QED) is 0.561. The summed E-state index contributed by atoms with van der Waals surface area (Å²) in [5, 5.41) is 10.8. The Morgan fingerprint density at radius 1 is 1.40 bits per heavy atom. The third-order valence-electron chi connectivity index (χ3n) is 2.29. The molecule has 3 nitrogen and oxygen atoms in total. The van der Waals surface area contributed by atoms with Gasteiger partial charge in [0.1, 0.15) is 0 Å². The first-order valence-corrected chi connectivity index (χ1v) is 4.94. The number of allylic oxidation sites excluding steroid dienone is 1. The first-order valence-electron chi connectivity index (χ1n) is 4.94. The van der Waals surface area contributed by atoms with Gasteiger partial charge in [0.15, 0.2) is 0 Å². The van der Waals surface area contributed by atoms with E-state index in [-0.39, 0.29) is 16.5 Å². The lowest BCUT2D eigenvalue weighted by Crippen LogP contribution is -2.05. The fraction of sp³-hybridized carbons (Fsp3) is 0.333. The van der Waals surface area contributed by atoms with E-state index in [1.807, 2.05) is 45.0 Å². The van der Waals surface area contributed by atoms with Crippen LogP contribution in [0.4, 0.5) is 0 Å². The summed E-state index contributed by atoms with van der Waals surface area (Å²) in [6, 6.07) is 7.65. The number of benzene rings is 1. The second kappa shape index (κ2) is 4.73. The monoisotopic (exact) mass is 205 g/mol. The molecule has 0 bridgehead atoms. The standard InChI is InChI=1S/C12H15NO2/c1-9(2)12(13(14)15)8-11-7-5-4-6-10(11)3/h4-9H,1-3H3/b12-8-. The molecule has 0 saturated heterocycles. The van der Waals surface area contributed by atoms with E-state index >= 15 is 0 Å². The summed E-state index contributed by atoms with van der Waals surface area (Å²) < 4.78 is 0. The molecule has 0 atom stereocenters. The first kappa shape index (κ1) is 11.4. The van der Waals surface area contributed by atoms with Crippen molar-refractivity contribution < 1.29 is 4.92 Å². The number of rotatable bonds is 3. The van der Waals surface area contributed by atoms with Crippen LogP contribution in [0, 0.1) is 23.0 Å². The zero-order chi connectivity index (χ0) is 11.4. The lowest BCUT2D eigenvalue weighted by atomic mass is 10.0. The molecule has 0 fully saturated rings. The van der Waals surface area contributed by atoms with Gasteiger partial charge in [-0.25, -0.2) is 0 Å². The summed E-state index contributed by atoms with van der Waals surface area (Å²) in [5.41, 5.74) is 2.22. The zero-order valence-corrected chi connectivity index (χ0v) is 9.23. The van der Waals surface area contributed by atoms with Crippen molar-refractivity contribution in [1.82, 2.24) is 0 Å². The van der Waals surface area contributed by atoms with Gasteiger partial charge in [-0.3, -0.25) is 10.1 Å². The number of nitrogens with zero attached hydrogens (tertiary/aromatic N) is 1. The topological polar surface area (TPSA) is 43.1 Å². The summed E-state index contributed by atoms with van der Waals surface area (Å²) in [7, 11) is 0. The van der Waals surface area contributed by atoms with Crippen molar-refractivity contribution in [2.75, 3.05) is 0 Å². The van der Waals surface area contributed by atoms with Crippen molar-refractivity contribution in [2.45, 2.75) is 20.8 Å². The molecule has 15 heavy (non-hydrogen) atoms. The van der Waals surface area contributed by atoms with Crippen LogP contribution >= 0.6 is 0 Å². The van der Waals surface area contributed by atoms with E-state index < -0.39 is 0 Å². The minimum absolute atomic E-state index is 0.0698. The predicted molar refractivity (Wildman–Crippen MR) is 61.0 cm³/mol. The normalized spacial score (nSPS) is 11.9. The van der Waals surface area contributed by atoms with Crippen LogP contribution in [0.25, 0.3) is 6.08 Å². The fourth-order valence-corrected chi connectivity index (χ4v) is 1.34. The Morgan fingerprint density at radius 3 is 2.47 bits per heavy atom. The van der Waals surface area contributed by atoms with Gasteiger partial charge in [0.2, 0.25) is 5.70 Å². The molecule has 0 aliphatic rings. The van der Waals surface area contributed by atoms with Gasteiger partial charge in [0.25, 0.3) is 0 Å². The summed E-state index contributed by atoms with van der Waals surface area (Å²) in [4.78, 5) is 10.5. The van der Waals surface area contributed by atoms with Crippen molar-refractivity contribution in [2.24, 2.45) is 5.92 Å². The molecule has 0 heterocycles. The highest BCUT2D eigenvalue weighted by Gasteiger charge is 2.15. The van der Waals surface area contributed by atoms with Gasteiger partial charge >= 0.3 is 0 Å². The van der Waals surface area contributed by atoms with E-state index in [1.165, 1.54) is 0 Å². The Hall–Kier alpha value is -1.64. The third kappa shape index (κ3) is 2.91. The highest BCUT2D eigenvalue weighted by atomic mass is 16.6. The predicted octanol–water partition coefficient (Wildman–Crippen LogP) is 3.27. The second-order valence-electron chi connectivity index (χ2n) is 3.84. The highest BCUT2D eigenvalue weighted by molar-refractivity contribution is 5.55. The van der Waals surface area contributed by atoms with Gasteiger partial charge in [-0.05, 0) is 18.1 Å². The third-order valence-corrected chi connectivity index (χ3v) is 2.29. The van der Waals surface area contributed by atoms with Gasteiger partial charge in [-0.1, -0.05) is 38.1 Å². The summed E-state index contributed by atoms with van der Waals surface area (Å²) in [6.45, 7) is 5.60. The Bertz CT molecular complexity index is 394. The number of aryl methyl sites for hydroxylation is 1. The van der Waals surface area contributed by atoms with Crippen LogP contribution in [-0.2, 0) is 0 Å². The largest absolute Gasteiger partial charge is 0.259 e. The SMILES string of the molecule is Cc1ccccc1/C=C(/C(C)C)[N+](=O)[O-]. The van der Waals surface area contributed by atoms with Crippen LogP contribution in [0.2, 0.25) is 0 Å². The Morgan fingerprint density at radius 2 is 2.00 bits per heavy atom. The Labute approximate surface area is 89.6 Å². The lowest BCUT2D eigenvalue weighted by Gasteiger charge is -2.03. The Kier molecular flexibility index (Phi) is 3.61. The second-order valence-corrected chi connectivity index (χ2v) is 3.84. The maximum atomic E-state index is 10.8. The van der Waals surface area contributed by atoms with E-state index in [1.54, 1.807) is 6.08 Å². The average Bonchev–Trinajstić information content (AvgIpc) is 2.15. The molecule has 80 valence electrons. The molecule has 0 radical (unpaired) electrons. The van der Waals surface area contributed by atoms with Gasteiger partial charge in [-0.15, -0.1) is 0 Å². The number of hydrogen-bond acceptors (Lipinski definition) is 2. The molecular weight excluding hydrogens is 190 g/mol. The molecule has 3 heteroatoms. The molecule has 0 aliphatic carbocycles. The zero-order valence-electron chi connectivity index (χ0n) is 9.23. The van der Waals surface area contributed by atoms with E-state index in [0.29, 0.717) is 0 Å². The minimum Gasteiger partial charge on any atom is -0.259 e. The fourth-order valence-electron chi connectivity index (χ4n) is 1.34. The van der Waals surface area contributed by atoms with Crippen molar-refractivity contribution in [3.63, 3.8) is 0 Å². The minimum atomic E-state index is -0.308. The van der Waals surface area contributed by atoms with E-state index in [2.05, 4.69) is 0 Å². The Balaban J connectivity index is 3.14. The van der Waals surface area contributed by atoms with Gasteiger partial charge in [0, 0.05) is 12.0 Å². The van der Waals surface area contributed by atoms with Gasteiger partial charge < -0.3 is 0 Å². The molecule has 0 spiro atoms. The summed E-state index contributed by atoms with van der Waals surface area (Å²) in [6.07, 6.45) is 1.65. The molecular formula is C12H15NO2. The van der Waals surface area contributed by atoms with Crippen LogP contribution < -0.4 is 0 Å². The molecule has 0 saturated carbocycles. The molecule has 0 amide bonds. The van der Waals surface area contributed by atoms with E-state index in [0.717, 1.165) is 11.1 Å². The van der Waals surface area contributed by atoms with Crippen molar-refractivity contribution in [1.29, 1.82) is 0 Å².